The summed E-state index contributed by atoms with van der Waals surface area (Å²) in [5.74, 6) is 0.697. The van der Waals surface area contributed by atoms with Gasteiger partial charge in [-0.3, -0.25) is 4.79 Å². The van der Waals surface area contributed by atoms with Gasteiger partial charge in [-0.15, -0.1) is 0 Å². The molecule has 0 aromatic carbocycles. The Balaban J connectivity index is 2.11. The van der Waals surface area contributed by atoms with Gasteiger partial charge in [-0.1, -0.05) is 6.42 Å². The Kier molecular flexibility index (Phi) is 0.678. The molecule has 2 rings (SSSR count). The lowest BCUT2D eigenvalue weighted by Gasteiger charge is -2.30. The molecule has 0 spiro atoms. The fraction of sp³-hybridized carbons (Fsp3) is 0.833. The van der Waals surface area contributed by atoms with Gasteiger partial charge in [-0.2, -0.15) is 0 Å². The molecule has 1 saturated carbocycles. The molecule has 1 saturated heterocycles. The molecule has 8 heavy (non-hydrogen) atoms. The highest BCUT2D eigenvalue weighted by molar-refractivity contribution is 5.86. The van der Waals surface area contributed by atoms with Crippen LogP contribution in [-0.4, -0.2) is 11.9 Å². The molecule has 44 valence electrons. The smallest absolute Gasteiger partial charge is 0.225 e. The minimum Gasteiger partial charge on any atom is -0.352 e. The lowest BCUT2D eigenvalue weighted by Crippen LogP contribution is -2.54. The number of hydrogen-bond acceptors (Lipinski definition) is 1. The van der Waals surface area contributed by atoms with Crippen molar-refractivity contribution >= 4 is 5.91 Å². The van der Waals surface area contributed by atoms with E-state index in [0.717, 1.165) is 6.42 Å². The second-order valence-corrected chi connectivity index (χ2v) is 2.65. The molecule has 0 aromatic heterocycles. The van der Waals surface area contributed by atoms with Crippen LogP contribution >= 0.6 is 0 Å². The Morgan fingerprint density at radius 2 is 2.38 bits per heavy atom. The van der Waals surface area contributed by atoms with Gasteiger partial charge in [0, 0.05) is 6.04 Å². The topological polar surface area (TPSA) is 29.1 Å². The van der Waals surface area contributed by atoms with Crippen LogP contribution in [0.25, 0.3) is 0 Å². The van der Waals surface area contributed by atoms with Crippen LogP contribution in [-0.2, 0) is 4.79 Å². The molecule has 1 aliphatic carbocycles. The van der Waals surface area contributed by atoms with Crippen LogP contribution in [0.4, 0.5) is 0 Å². The first kappa shape index (κ1) is 4.36. The zero-order valence-electron chi connectivity index (χ0n) is 4.68. The van der Waals surface area contributed by atoms with Gasteiger partial charge in [0.2, 0.25) is 5.91 Å². The summed E-state index contributed by atoms with van der Waals surface area (Å²) in [5.41, 5.74) is 0. The zero-order valence-corrected chi connectivity index (χ0v) is 4.68. The van der Waals surface area contributed by atoms with E-state index < -0.39 is 0 Å². The van der Waals surface area contributed by atoms with E-state index in [0.29, 0.717) is 12.0 Å². The second-order valence-electron chi connectivity index (χ2n) is 2.65. The van der Waals surface area contributed by atoms with Crippen LogP contribution in [0.1, 0.15) is 19.3 Å². The SMILES string of the molecule is O=C1N[C@H]2CCC[C@H]12. The van der Waals surface area contributed by atoms with Crippen molar-refractivity contribution in [3.63, 3.8) is 0 Å². The van der Waals surface area contributed by atoms with Crippen molar-refractivity contribution in [2.24, 2.45) is 5.92 Å². The highest BCUT2D eigenvalue weighted by Crippen LogP contribution is 2.31. The lowest BCUT2D eigenvalue weighted by atomic mass is 9.95. The van der Waals surface area contributed by atoms with E-state index in [1.54, 1.807) is 0 Å². The number of carbonyl (C=O) groups is 1. The molecule has 0 radical (unpaired) electrons. The van der Waals surface area contributed by atoms with Crippen molar-refractivity contribution in [1.82, 2.24) is 5.32 Å². The predicted octanol–water partition coefficient (Wildman–Crippen LogP) is 0.285. The van der Waals surface area contributed by atoms with Crippen LogP contribution < -0.4 is 5.32 Å². The predicted molar refractivity (Wildman–Crippen MR) is 29.3 cm³/mol. The Morgan fingerprint density at radius 3 is 2.88 bits per heavy atom. The monoisotopic (exact) mass is 111 g/mol. The summed E-state index contributed by atoms with van der Waals surface area (Å²) < 4.78 is 0. The van der Waals surface area contributed by atoms with Crippen molar-refractivity contribution in [2.75, 3.05) is 0 Å². The average molecular weight is 111 g/mol. The van der Waals surface area contributed by atoms with Crippen molar-refractivity contribution < 1.29 is 4.79 Å². The fourth-order valence-corrected chi connectivity index (χ4v) is 1.64. The molecule has 1 aliphatic heterocycles. The van der Waals surface area contributed by atoms with Gasteiger partial charge < -0.3 is 5.32 Å². The van der Waals surface area contributed by atoms with Gasteiger partial charge in [-0.25, -0.2) is 0 Å². The van der Waals surface area contributed by atoms with Gasteiger partial charge in [0.1, 0.15) is 0 Å². The first-order chi connectivity index (χ1) is 3.88. The van der Waals surface area contributed by atoms with Crippen LogP contribution in [0.2, 0.25) is 0 Å². The van der Waals surface area contributed by atoms with Gasteiger partial charge >= 0.3 is 0 Å². The van der Waals surface area contributed by atoms with Crippen molar-refractivity contribution in [3.05, 3.63) is 0 Å². The number of carbonyl (C=O) groups excluding carboxylic acids is 1. The molecular formula is C6H9NO. The number of rotatable bonds is 0. The van der Waals surface area contributed by atoms with Gasteiger partial charge in [0.15, 0.2) is 0 Å². The highest BCUT2D eigenvalue weighted by atomic mass is 16.2. The number of hydrogen-bond donors (Lipinski definition) is 1. The van der Waals surface area contributed by atoms with E-state index in [2.05, 4.69) is 5.32 Å². The first-order valence-electron chi connectivity index (χ1n) is 3.18. The first-order valence-corrected chi connectivity index (χ1v) is 3.18. The van der Waals surface area contributed by atoms with Crippen LogP contribution in [0.15, 0.2) is 0 Å². The number of β-lactam (4-membered cyclic amide) rings is 1. The van der Waals surface area contributed by atoms with Crippen LogP contribution in [0, 0.1) is 5.92 Å². The van der Waals surface area contributed by atoms with Crippen molar-refractivity contribution in [1.29, 1.82) is 0 Å². The standard InChI is InChI=1S/C6H9NO/c8-6-4-2-1-3-5(4)7-6/h4-5H,1-3H2,(H,7,8)/t4-,5-/m0/s1. The molecular weight excluding hydrogens is 102 g/mol. The molecule has 0 unspecified atom stereocenters. The van der Waals surface area contributed by atoms with E-state index in [-0.39, 0.29) is 5.91 Å². The molecule has 2 fully saturated rings. The zero-order chi connectivity index (χ0) is 5.56. The maximum atomic E-state index is 10.6. The van der Waals surface area contributed by atoms with Gasteiger partial charge in [-0.05, 0) is 12.8 Å². The average Bonchev–Trinajstić information content (AvgIpc) is 2.09. The third-order valence-electron chi connectivity index (χ3n) is 2.18. The molecule has 2 atom stereocenters. The van der Waals surface area contributed by atoms with Crippen molar-refractivity contribution in [2.45, 2.75) is 25.3 Å². The quantitative estimate of drug-likeness (QED) is 0.447. The van der Waals surface area contributed by atoms with Crippen LogP contribution in [0.3, 0.4) is 0 Å². The third-order valence-corrected chi connectivity index (χ3v) is 2.18. The Hall–Kier alpha value is -0.530. The minimum atomic E-state index is 0.285. The van der Waals surface area contributed by atoms with E-state index >= 15 is 0 Å². The van der Waals surface area contributed by atoms with Gasteiger partial charge in [0.05, 0.1) is 5.92 Å². The lowest BCUT2D eigenvalue weighted by molar-refractivity contribution is -0.133. The fourth-order valence-electron chi connectivity index (χ4n) is 1.64. The second kappa shape index (κ2) is 1.24. The van der Waals surface area contributed by atoms with E-state index in [9.17, 15) is 4.79 Å². The molecule has 0 aromatic rings. The third kappa shape index (κ3) is 0.358. The molecule has 0 bridgehead atoms. The summed E-state index contributed by atoms with van der Waals surface area (Å²) in [7, 11) is 0. The minimum absolute atomic E-state index is 0.285. The summed E-state index contributed by atoms with van der Waals surface area (Å²) >= 11 is 0. The summed E-state index contributed by atoms with van der Waals surface area (Å²) in [6.07, 6.45) is 3.60. The molecule has 1 heterocycles. The number of nitrogens with one attached hydrogen (secondary N) is 1. The summed E-state index contributed by atoms with van der Waals surface area (Å²) in [6.45, 7) is 0. The van der Waals surface area contributed by atoms with Crippen LogP contribution in [0.5, 0.6) is 0 Å². The maximum absolute atomic E-state index is 10.6. The highest BCUT2D eigenvalue weighted by Gasteiger charge is 2.41. The van der Waals surface area contributed by atoms with E-state index in [1.165, 1.54) is 12.8 Å². The number of fused-ring (bicyclic) bond motifs is 1. The Bertz CT molecular complexity index is 132. The largest absolute Gasteiger partial charge is 0.352 e. The molecule has 2 aliphatic rings. The molecule has 2 nitrogen and oxygen atoms in total. The number of amides is 1. The molecule has 1 amide bonds. The summed E-state index contributed by atoms with van der Waals surface area (Å²) in [4.78, 5) is 10.6. The summed E-state index contributed by atoms with van der Waals surface area (Å²) in [6, 6.07) is 0.572. The summed E-state index contributed by atoms with van der Waals surface area (Å²) in [5, 5.41) is 2.87. The molecule has 1 N–H and O–H groups in total. The normalized spacial score (nSPS) is 42.8. The maximum Gasteiger partial charge on any atom is 0.225 e. The van der Waals surface area contributed by atoms with E-state index in [1.807, 2.05) is 0 Å². The van der Waals surface area contributed by atoms with Gasteiger partial charge in [0.25, 0.3) is 0 Å². The Morgan fingerprint density at radius 1 is 1.50 bits per heavy atom. The van der Waals surface area contributed by atoms with E-state index in [4.69, 9.17) is 0 Å². The Labute approximate surface area is 48.3 Å². The molecule has 2 heteroatoms. The van der Waals surface area contributed by atoms with Crippen molar-refractivity contribution in [3.8, 4) is 0 Å².